The molecule has 0 fully saturated rings. The molecule has 0 amide bonds. The number of nitrogens with zero attached hydrogens (tertiary/aromatic N) is 1. The maximum absolute atomic E-state index is 15.1. The van der Waals surface area contributed by atoms with Crippen LogP contribution in [0.15, 0.2) is 47.6 Å². The number of hydrogen-bond acceptors (Lipinski definition) is 4. The van der Waals surface area contributed by atoms with Gasteiger partial charge >= 0.3 is 51.2 Å². The van der Waals surface area contributed by atoms with Crippen molar-refractivity contribution < 1.29 is 82.9 Å². The molecule has 0 aromatic heterocycles. The standard InChI is InChI=1S/C23H13F16NO3S/c1-10(24)17(25,26)19(29,30)18(27,28)16(12-6-7-15-13(9-12)8-11-4-2-3-5-14(11)15)40-43-44(41,42)23(38,39)21(33,34)20(31,32)22(35,36)37/h2-7,9-10H,8H2,1H3/b40-16+. The highest BCUT2D eigenvalue weighted by molar-refractivity contribution is 7.87. The Bertz CT molecular complexity index is 1570. The molecule has 0 N–H and O–H groups in total. The number of alkyl halides is 16. The first-order valence-corrected chi connectivity index (χ1v) is 12.7. The molecule has 44 heavy (non-hydrogen) atoms. The van der Waals surface area contributed by atoms with Crippen LogP contribution in [0.4, 0.5) is 70.2 Å². The maximum atomic E-state index is 15.1. The molecule has 0 bridgehead atoms. The molecule has 2 aromatic carbocycles. The summed E-state index contributed by atoms with van der Waals surface area (Å²) in [5, 5.41) is -6.00. The van der Waals surface area contributed by atoms with Gasteiger partial charge in [-0.05, 0) is 41.7 Å². The van der Waals surface area contributed by atoms with Crippen LogP contribution in [-0.2, 0) is 20.8 Å². The van der Waals surface area contributed by atoms with Crippen LogP contribution in [0.5, 0.6) is 0 Å². The predicted octanol–water partition coefficient (Wildman–Crippen LogP) is 8.00. The second kappa shape index (κ2) is 10.4. The molecular formula is C23H13F16NO3S. The Kier molecular flexibility index (Phi) is 8.32. The number of fused-ring (bicyclic) bond motifs is 3. The third kappa shape index (κ3) is 5.03. The Hall–Kier alpha value is -3.26. The van der Waals surface area contributed by atoms with Crippen LogP contribution in [-0.4, -0.2) is 61.3 Å². The zero-order valence-corrected chi connectivity index (χ0v) is 21.8. The molecule has 2 aromatic rings. The third-order valence-electron chi connectivity index (χ3n) is 6.33. The molecule has 0 aliphatic heterocycles. The Morgan fingerprint density at radius 1 is 0.750 bits per heavy atom. The van der Waals surface area contributed by atoms with Gasteiger partial charge in [-0.2, -0.15) is 74.3 Å². The fourth-order valence-corrected chi connectivity index (χ4v) is 4.55. The van der Waals surface area contributed by atoms with Crippen molar-refractivity contribution in [2.24, 2.45) is 5.16 Å². The SMILES string of the molecule is CC(F)C(F)(F)C(F)(F)C(F)(F)/C(=N/OS(=O)(=O)C(F)(F)C(F)(F)C(F)(F)C(F)(F)F)c1ccc2c(c1)Cc1ccccc1-2. The van der Waals surface area contributed by atoms with Crippen molar-refractivity contribution >= 4 is 15.8 Å². The van der Waals surface area contributed by atoms with Crippen LogP contribution < -0.4 is 0 Å². The quantitative estimate of drug-likeness (QED) is 0.123. The van der Waals surface area contributed by atoms with E-state index in [1.165, 1.54) is 24.3 Å². The van der Waals surface area contributed by atoms with Gasteiger partial charge in [0.2, 0.25) is 0 Å². The minimum atomic E-state index is -8.07. The number of oxime groups is 1. The summed E-state index contributed by atoms with van der Waals surface area (Å²) in [6.07, 6.45) is -11.8. The van der Waals surface area contributed by atoms with E-state index >= 15 is 8.78 Å². The molecule has 1 atom stereocenters. The van der Waals surface area contributed by atoms with Crippen LogP contribution in [0.1, 0.15) is 23.6 Å². The largest absolute Gasteiger partial charge is 0.460 e. The molecule has 1 aliphatic carbocycles. The minimum Gasteiger partial charge on any atom is -0.263 e. The number of halogens is 16. The lowest BCUT2D eigenvalue weighted by Crippen LogP contribution is -2.63. The summed E-state index contributed by atoms with van der Waals surface area (Å²) in [6, 6.07) is 7.53. The first kappa shape index (κ1) is 35.2. The van der Waals surface area contributed by atoms with Crippen LogP contribution in [0.3, 0.4) is 0 Å². The van der Waals surface area contributed by atoms with E-state index in [4.69, 9.17) is 0 Å². The molecule has 4 nitrogen and oxygen atoms in total. The Morgan fingerprint density at radius 3 is 1.80 bits per heavy atom. The van der Waals surface area contributed by atoms with Gasteiger partial charge in [0.15, 0.2) is 11.9 Å². The van der Waals surface area contributed by atoms with E-state index in [2.05, 4.69) is 4.28 Å². The number of benzene rings is 2. The summed E-state index contributed by atoms with van der Waals surface area (Å²) in [5.41, 5.74) is -3.67. The van der Waals surface area contributed by atoms with E-state index in [1.54, 1.807) is 5.16 Å². The first-order valence-electron chi connectivity index (χ1n) is 11.3. The molecule has 21 heteroatoms. The maximum Gasteiger partial charge on any atom is 0.460 e. The highest BCUT2D eigenvalue weighted by Crippen LogP contribution is 2.55. The van der Waals surface area contributed by atoms with Gasteiger partial charge in [0.1, 0.15) is 0 Å². The average molecular weight is 687 g/mol. The molecule has 0 radical (unpaired) electrons. The fraction of sp³-hybridized carbons (Fsp3) is 0.435. The second-order valence-electron chi connectivity index (χ2n) is 9.23. The van der Waals surface area contributed by atoms with E-state index in [0.29, 0.717) is 23.3 Å². The monoisotopic (exact) mass is 687 g/mol. The summed E-state index contributed by atoms with van der Waals surface area (Å²) >= 11 is 0. The average Bonchev–Trinajstić information content (AvgIpc) is 3.25. The third-order valence-corrected chi connectivity index (χ3v) is 7.49. The molecule has 1 aliphatic rings. The van der Waals surface area contributed by atoms with E-state index in [0.717, 1.165) is 6.07 Å². The van der Waals surface area contributed by atoms with Crippen LogP contribution in [0.25, 0.3) is 11.1 Å². The van der Waals surface area contributed by atoms with Gasteiger partial charge in [0.25, 0.3) is 0 Å². The van der Waals surface area contributed by atoms with Gasteiger partial charge in [-0.25, -0.2) is 4.39 Å². The van der Waals surface area contributed by atoms with Crippen LogP contribution >= 0.6 is 0 Å². The molecule has 0 saturated heterocycles. The van der Waals surface area contributed by atoms with E-state index < -0.39 is 68.6 Å². The van der Waals surface area contributed by atoms with Crippen molar-refractivity contribution in [1.29, 1.82) is 0 Å². The van der Waals surface area contributed by atoms with Gasteiger partial charge in [-0.3, -0.25) is 4.28 Å². The highest BCUT2D eigenvalue weighted by atomic mass is 32.2. The van der Waals surface area contributed by atoms with Crippen molar-refractivity contribution in [3.63, 3.8) is 0 Å². The molecule has 0 heterocycles. The van der Waals surface area contributed by atoms with Gasteiger partial charge in [0, 0.05) is 5.56 Å². The van der Waals surface area contributed by atoms with Crippen LogP contribution in [0.2, 0.25) is 0 Å². The van der Waals surface area contributed by atoms with Crippen molar-refractivity contribution in [2.75, 3.05) is 0 Å². The lowest BCUT2D eigenvalue weighted by molar-refractivity contribution is -0.382. The second-order valence-corrected chi connectivity index (χ2v) is 10.8. The zero-order valence-electron chi connectivity index (χ0n) is 21.0. The van der Waals surface area contributed by atoms with E-state index in [1.807, 2.05) is 0 Å². The molecule has 246 valence electrons. The number of hydrogen-bond donors (Lipinski definition) is 0. The first-order chi connectivity index (χ1) is 19.6. The fourth-order valence-electron chi connectivity index (χ4n) is 3.84. The summed E-state index contributed by atoms with van der Waals surface area (Å²) < 4.78 is 245. The number of rotatable bonds is 10. The van der Waals surface area contributed by atoms with Gasteiger partial charge in [-0.15, -0.1) is 0 Å². The lowest BCUT2D eigenvalue weighted by Gasteiger charge is -2.34. The zero-order chi connectivity index (χ0) is 34.1. The van der Waals surface area contributed by atoms with Crippen molar-refractivity contribution in [1.82, 2.24) is 0 Å². The van der Waals surface area contributed by atoms with Gasteiger partial charge < -0.3 is 0 Å². The van der Waals surface area contributed by atoms with Crippen molar-refractivity contribution in [3.05, 3.63) is 59.2 Å². The Balaban J connectivity index is 2.22. The smallest absolute Gasteiger partial charge is 0.263 e. The summed E-state index contributed by atoms with van der Waals surface area (Å²) in [6.45, 7) is -0.322. The summed E-state index contributed by atoms with van der Waals surface area (Å²) in [5.74, 6) is -35.7. The normalized spacial score (nSPS) is 16.4. The molecule has 1 unspecified atom stereocenters. The molecule has 3 rings (SSSR count). The minimum absolute atomic E-state index is 0.106. The molecule has 0 spiro atoms. The molecular weight excluding hydrogens is 674 g/mol. The van der Waals surface area contributed by atoms with E-state index in [9.17, 15) is 69.9 Å². The van der Waals surface area contributed by atoms with Crippen LogP contribution in [0, 0.1) is 0 Å². The van der Waals surface area contributed by atoms with Crippen molar-refractivity contribution in [2.45, 2.75) is 60.6 Å². The summed E-state index contributed by atoms with van der Waals surface area (Å²) in [7, 11) is -8.07. The topological polar surface area (TPSA) is 55.7 Å². The van der Waals surface area contributed by atoms with E-state index in [-0.39, 0.29) is 24.5 Å². The summed E-state index contributed by atoms with van der Waals surface area (Å²) in [4.78, 5) is 0. The van der Waals surface area contributed by atoms with Gasteiger partial charge in [0.05, 0.1) is 0 Å². The predicted molar refractivity (Wildman–Crippen MR) is 118 cm³/mol. The molecule has 0 saturated carbocycles. The van der Waals surface area contributed by atoms with Gasteiger partial charge in [-0.1, -0.05) is 41.6 Å². The highest BCUT2D eigenvalue weighted by Gasteiger charge is 2.86. The van der Waals surface area contributed by atoms with Crippen molar-refractivity contribution in [3.8, 4) is 11.1 Å². The Morgan fingerprint density at radius 2 is 1.27 bits per heavy atom. The lowest BCUT2D eigenvalue weighted by atomic mass is 9.92. The Labute approximate surface area is 235 Å².